The highest BCUT2D eigenvalue weighted by Gasteiger charge is 2.15. The number of aromatic nitrogens is 1. The molecular weight excluding hydrogens is 378 g/mol. The van der Waals surface area contributed by atoms with Gasteiger partial charge in [0, 0.05) is 11.9 Å². The maximum absolute atomic E-state index is 12.5. The first-order valence-corrected chi connectivity index (χ1v) is 9.86. The Bertz CT molecular complexity index is 1080. The number of anilines is 2. The Balaban J connectivity index is 1.75. The van der Waals surface area contributed by atoms with Crippen LogP contribution >= 0.6 is 0 Å². The summed E-state index contributed by atoms with van der Waals surface area (Å²) in [6, 6.07) is 14.7. The normalized spacial score (nSPS) is 10.9. The summed E-state index contributed by atoms with van der Waals surface area (Å²) >= 11 is 0. The number of sulfonamides is 1. The molecule has 0 aliphatic carbocycles. The Hall–Kier alpha value is -3.39. The lowest BCUT2D eigenvalue weighted by Crippen LogP contribution is -2.15. The average molecular weight is 397 g/mol. The third-order valence-electron chi connectivity index (χ3n) is 3.93. The van der Waals surface area contributed by atoms with E-state index in [0.29, 0.717) is 11.4 Å². The molecule has 8 heteroatoms. The van der Waals surface area contributed by atoms with Crippen molar-refractivity contribution in [1.82, 2.24) is 4.98 Å². The van der Waals surface area contributed by atoms with Crippen LogP contribution in [0.5, 0.6) is 5.75 Å². The van der Waals surface area contributed by atoms with Crippen LogP contribution in [0.2, 0.25) is 0 Å². The van der Waals surface area contributed by atoms with E-state index in [1.165, 1.54) is 30.6 Å². The molecule has 0 atom stereocenters. The topological polar surface area (TPSA) is 97.4 Å². The van der Waals surface area contributed by atoms with E-state index in [9.17, 15) is 13.2 Å². The molecular formula is C20H19N3O4S. The molecule has 0 saturated carbocycles. The number of nitrogens with one attached hydrogen (secondary N) is 2. The summed E-state index contributed by atoms with van der Waals surface area (Å²) in [6.45, 7) is 1.87. The van der Waals surface area contributed by atoms with Crippen molar-refractivity contribution in [2.24, 2.45) is 0 Å². The van der Waals surface area contributed by atoms with Crippen molar-refractivity contribution < 1.29 is 17.9 Å². The van der Waals surface area contributed by atoms with Gasteiger partial charge in [-0.1, -0.05) is 17.7 Å². The molecule has 0 radical (unpaired) electrons. The Morgan fingerprint density at radius 1 is 0.964 bits per heavy atom. The van der Waals surface area contributed by atoms with E-state index in [2.05, 4.69) is 15.0 Å². The van der Waals surface area contributed by atoms with E-state index < -0.39 is 15.9 Å². The van der Waals surface area contributed by atoms with Gasteiger partial charge in [0.15, 0.2) is 0 Å². The van der Waals surface area contributed by atoms with Crippen molar-refractivity contribution in [1.29, 1.82) is 0 Å². The SMILES string of the molecule is COc1ccc(NC(=O)c2cncc(NS(=O)(=O)c3ccc(C)cc3)c2)cc1. The van der Waals surface area contributed by atoms with Gasteiger partial charge in [-0.05, 0) is 49.4 Å². The third-order valence-corrected chi connectivity index (χ3v) is 5.33. The summed E-state index contributed by atoms with van der Waals surface area (Å²) in [7, 11) is -2.22. The molecule has 1 heterocycles. The predicted octanol–water partition coefficient (Wildman–Crippen LogP) is 3.45. The van der Waals surface area contributed by atoms with Crippen LogP contribution in [0.25, 0.3) is 0 Å². The first kappa shape index (κ1) is 19.4. The summed E-state index contributed by atoms with van der Waals surface area (Å²) in [5.41, 5.74) is 1.96. The van der Waals surface area contributed by atoms with E-state index >= 15 is 0 Å². The first-order valence-electron chi connectivity index (χ1n) is 8.37. The molecule has 0 aliphatic rings. The van der Waals surface area contributed by atoms with Crippen molar-refractivity contribution in [3.63, 3.8) is 0 Å². The second-order valence-electron chi connectivity index (χ2n) is 6.06. The van der Waals surface area contributed by atoms with Crippen molar-refractivity contribution >= 4 is 27.3 Å². The molecule has 3 rings (SSSR count). The standard InChI is InChI=1S/C20H19N3O4S/c1-14-3-9-19(10-4-14)28(25,26)23-17-11-15(12-21-13-17)20(24)22-16-5-7-18(27-2)8-6-16/h3-13,23H,1-2H3,(H,22,24). The van der Waals surface area contributed by atoms with Gasteiger partial charge in [0.05, 0.1) is 29.5 Å². The molecule has 7 nitrogen and oxygen atoms in total. The molecule has 0 fully saturated rings. The van der Waals surface area contributed by atoms with E-state index in [0.717, 1.165) is 5.56 Å². The number of amides is 1. The van der Waals surface area contributed by atoms with Crippen LogP contribution in [0.3, 0.4) is 0 Å². The number of pyridine rings is 1. The summed E-state index contributed by atoms with van der Waals surface area (Å²) in [5.74, 6) is 0.265. The van der Waals surface area contributed by atoms with Gasteiger partial charge in [0.2, 0.25) is 0 Å². The fourth-order valence-corrected chi connectivity index (χ4v) is 3.46. The number of carbonyl (C=O) groups is 1. The molecule has 3 aromatic rings. The minimum Gasteiger partial charge on any atom is -0.497 e. The van der Waals surface area contributed by atoms with Gasteiger partial charge in [-0.25, -0.2) is 8.42 Å². The Labute approximate surface area is 163 Å². The van der Waals surface area contributed by atoms with Crippen molar-refractivity contribution in [2.75, 3.05) is 17.1 Å². The average Bonchev–Trinajstić information content (AvgIpc) is 2.69. The number of ether oxygens (including phenoxy) is 1. The fourth-order valence-electron chi connectivity index (χ4n) is 2.43. The van der Waals surface area contributed by atoms with E-state index in [4.69, 9.17) is 4.74 Å². The lowest BCUT2D eigenvalue weighted by molar-refractivity contribution is 0.102. The monoisotopic (exact) mass is 397 g/mol. The van der Waals surface area contributed by atoms with Gasteiger partial charge >= 0.3 is 0 Å². The predicted molar refractivity (Wildman–Crippen MR) is 107 cm³/mol. The van der Waals surface area contributed by atoms with Gasteiger partial charge in [0.1, 0.15) is 5.75 Å². The molecule has 1 aromatic heterocycles. The summed E-state index contributed by atoms with van der Waals surface area (Å²) in [5, 5.41) is 2.73. The van der Waals surface area contributed by atoms with Crippen LogP contribution in [-0.4, -0.2) is 26.4 Å². The van der Waals surface area contributed by atoms with E-state index in [1.807, 2.05) is 6.92 Å². The molecule has 0 bridgehead atoms. The molecule has 2 aromatic carbocycles. The molecule has 2 N–H and O–H groups in total. The summed E-state index contributed by atoms with van der Waals surface area (Å²) in [4.78, 5) is 16.5. The van der Waals surface area contributed by atoms with E-state index in [-0.39, 0.29) is 16.1 Å². The quantitative estimate of drug-likeness (QED) is 0.664. The second kappa shape index (κ2) is 8.10. The van der Waals surface area contributed by atoms with Gasteiger partial charge < -0.3 is 10.1 Å². The number of nitrogens with zero attached hydrogens (tertiary/aromatic N) is 1. The van der Waals surface area contributed by atoms with Crippen LogP contribution in [0, 0.1) is 6.92 Å². The minimum atomic E-state index is -3.77. The zero-order chi connectivity index (χ0) is 20.1. The van der Waals surface area contributed by atoms with Crippen LogP contribution in [-0.2, 0) is 10.0 Å². The lowest BCUT2D eigenvalue weighted by atomic mass is 10.2. The Morgan fingerprint density at radius 2 is 1.64 bits per heavy atom. The summed E-state index contributed by atoms with van der Waals surface area (Å²) in [6.07, 6.45) is 2.71. The molecule has 1 amide bonds. The van der Waals surface area contributed by atoms with E-state index in [1.54, 1.807) is 43.5 Å². The fraction of sp³-hybridized carbons (Fsp3) is 0.100. The molecule has 0 saturated heterocycles. The minimum absolute atomic E-state index is 0.131. The highest BCUT2D eigenvalue weighted by atomic mass is 32.2. The maximum atomic E-state index is 12.5. The number of aryl methyl sites for hydroxylation is 1. The smallest absolute Gasteiger partial charge is 0.261 e. The number of rotatable bonds is 6. The number of hydrogen-bond acceptors (Lipinski definition) is 5. The number of carbonyl (C=O) groups excluding carboxylic acids is 1. The van der Waals surface area contributed by atoms with Gasteiger partial charge in [-0.2, -0.15) is 0 Å². The maximum Gasteiger partial charge on any atom is 0.261 e. The molecule has 144 valence electrons. The van der Waals surface area contributed by atoms with Crippen molar-refractivity contribution in [3.05, 3.63) is 78.1 Å². The number of benzene rings is 2. The molecule has 28 heavy (non-hydrogen) atoms. The number of hydrogen-bond donors (Lipinski definition) is 2. The van der Waals surface area contributed by atoms with Gasteiger partial charge in [-0.15, -0.1) is 0 Å². The largest absolute Gasteiger partial charge is 0.497 e. The Kier molecular flexibility index (Phi) is 5.60. The molecule has 0 spiro atoms. The highest BCUT2D eigenvalue weighted by Crippen LogP contribution is 2.19. The van der Waals surface area contributed by atoms with Crippen molar-refractivity contribution in [3.8, 4) is 5.75 Å². The lowest BCUT2D eigenvalue weighted by Gasteiger charge is -2.10. The van der Waals surface area contributed by atoms with Crippen LogP contribution in [0.4, 0.5) is 11.4 Å². The summed E-state index contributed by atoms with van der Waals surface area (Å²) < 4.78 is 32.5. The van der Waals surface area contributed by atoms with Gasteiger partial charge in [0.25, 0.3) is 15.9 Å². The second-order valence-corrected chi connectivity index (χ2v) is 7.75. The number of methoxy groups -OCH3 is 1. The zero-order valence-electron chi connectivity index (χ0n) is 15.3. The van der Waals surface area contributed by atoms with Crippen LogP contribution < -0.4 is 14.8 Å². The molecule has 0 unspecified atom stereocenters. The zero-order valence-corrected chi connectivity index (χ0v) is 16.2. The van der Waals surface area contributed by atoms with Gasteiger partial charge in [-0.3, -0.25) is 14.5 Å². The van der Waals surface area contributed by atoms with Crippen molar-refractivity contribution in [2.45, 2.75) is 11.8 Å². The highest BCUT2D eigenvalue weighted by molar-refractivity contribution is 7.92. The Morgan fingerprint density at radius 3 is 2.29 bits per heavy atom. The third kappa shape index (κ3) is 4.66. The molecule has 0 aliphatic heterocycles. The van der Waals surface area contributed by atoms with Crippen LogP contribution in [0.15, 0.2) is 71.9 Å². The van der Waals surface area contributed by atoms with Crippen LogP contribution in [0.1, 0.15) is 15.9 Å². The first-order chi connectivity index (χ1) is 13.4.